The van der Waals surface area contributed by atoms with Gasteiger partial charge in [0, 0.05) is 31.1 Å². The van der Waals surface area contributed by atoms with Crippen LogP contribution in [0.5, 0.6) is 0 Å². The lowest BCUT2D eigenvalue weighted by Gasteiger charge is -2.38. The van der Waals surface area contributed by atoms with Crippen LogP contribution >= 0.6 is 0 Å². The first-order valence-electron chi connectivity index (χ1n) is 9.72. The zero-order valence-corrected chi connectivity index (χ0v) is 16.1. The highest BCUT2D eigenvalue weighted by Crippen LogP contribution is 2.22. The van der Waals surface area contributed by atoms with Crippen molar-refractivity contribution in [2.75, 3.05) is 32.8 Å². The summed E-state index contributed by atoms with van der Waals surface area (Å²) < 4.78 is 11.2. The molecule has 5 heteroatoms. The molecule has 2 heterocycles. The molecular weight excluding hydrogens is 328 g/mol. The molecule has 0 radical (unpaired) electrons. The molecule has 0 saturated carbocycles. The predicted octanol–water partition coefficient (Wildman–Crippen LogP) is 3.61. The van der Waals surface area contributed by atoms with Gasteiger partial charge >= 0.3 is 0 Å². The van der Waals surface area contributed by atoms with Crippen molar-refractivity contribution in [3.8, 4) is 0 Å². The molecule has 0 aliphatic carbocycles. The van der Waals surface area contributed by atoms with Crippen LogP contribution in [0.3, 0.4) is 0 Å². The Morgan fingerprint density at radius 1 is 1.19 bits per heavy atom. The molecule has 142 valence electrons. The van der Waals surface area contributed by atoms with Crippen LogP contribution in [0.2, 0.25) is 0 Å². The third-order valence-corrected chi connectivity index (χ3v) is 5.47. The average Bonchev–Trinajstić information content (AvgIpc) is 3.09. The van der Waals surface area contributed by atoms with E-state index in [1.165, 1.54) is 0 Å². The quantitative estimate of drug-likeness (QED) is 0.821. The SMILES string of the molecule is CCC(CC)C(CNC(=O)c1cc2cc(C)ccc2o1)N1CCOCC1. The lowest BCUT2D eigenvalue weighted by molar-refractivity contribution is 0.00185. The summed E-state index contributed by atoms with van der Waals surface area (Å²) in [7, 11) is 0. The summed E-state index contributed by atoms with van der Waals surface area (Å²) in [6.45, 7) is 10.5. The van der Waals surface area contributed by atoms with Crippen LogP contribution < -0.4 is 5.32 Å². The second-order valence-electron chi connectivity index (χ2n) is 7.15. The fourth-order valence-corrected chi connectivity index (χ4v) is 3.89. The van der Waals surface area contributed by atoms with Crippen molar-refractivity contribution in [1.29, 1.82) is 0 Å². The predicted molar refractivity (Wildman–Crippen MR) is 104 cm³/mol. The Labute approximate surface area is 155 Å². The average molecular weight is 358 g/mol. The fourth-order valence-electron chi connectivity index (χ4n) is 3.89. The first kappa shape index (κ1) is 18.9. The van der Waals surface area contributed by atoms with Gasteiger partial charge in [0.05, 0.1) is 13.2 Å². The zero-order chi connectivity index (χ0) is 18.5. The molecule has 1 fully saturated rings. The Balaban J connectivity index is 1.69. The molecule has 0 spiro atoms. The molecule has 3 rings (SSSR count). The summed E-state index contributed by atoms with van der Waals surface area (Å²) in [6, 6.07) is 8.12. The van der Waals surface area contributed by atoms with E-state index < -0.39 is 0 Å². The Morgan fingerprint density at radius 3 is 2.62 bits per heavy atom. The monoisotopic (exact) mass is 358 g/mol. The number of rotatable bonds is 7. The molecule has 1 atom stereocenters. The Morgan fingerprint density at radius 2 is 1.92 bits per heavy atom. The van der Waals surface area contributed by atoms with Gasteiger partial charge in [0.1, 0.15) is 5.58 Å². The van der Waals surface area contributed by atoms with Crippen molar-refractivity contribution < 1.29 is 13.9 Å². The topological polar surface area (TPSA) is 54.7 Å². The molecule has 1 saturated heterocycles. The summed E-state index contributed by atoms with van der Waals surface area (Å²) in [5.41, 5.74) is 1.91. The van der Waals surface area contributed by atoms with E-state index in [9.17, 15) is 4.79 Å². The minimum absolute atomic E-state index is 0.136. The summed E-state index contributed by atoms with van der Waals surface area (Å²) in [4.78, 5) is 15.1. The molecule has 1 N–H and O–H groups in total. The molecule has 1 aliphatic heterocycles. The van der Waals surface area contributed by atoms with Gasteiger partial charge in [-0.1, -0.05) is 38.3 Å². The zero-order valence-electron chi connectivity index (χ0n) is 16.1. The van der Waals surface area contributed by atoms with Gasteiger partial charge in [0.15, 0.2) is 5.76 Å². The maximum atomic E-state index is 12.6. The molecule has 1 aliphatic rings. The normalized spacial score (nSPS) is 16.9. The van der Waals surface area contributed by atoms with Crippen molar-refractivity contribution >= 4 is 16.9 Å². The van der Waals surface area contributed by atoms with Gasteiger partial charge in [-0.05, 0) is 31.0 Å². The second-order valence-corrected chi connectivity index (χ2v) is 7.15. The Hall–Kier alpha value is -1.85. The van der Waals surface area contributed by atoms with E-state index in [1.54, 1.807) is 0 Å². The maximum absolute atomic E-state index is 12.6. The fraction of sp³-hybridized carbons (Fsp3) is 0.571. The highest BCUT2D eigenvalue weighted by molar-refractivity contribution is 5.96. The molecule has 0 bridgehead atoms. The standard InChI is InChI=1S/C21H30N2O3/c1-4-16(5-2)18(23-8-10-25-11-9-23)14-22-21(24)20-13-17-12-15(3)6-7-19(17)26-20/h6-7,12-13,16,18H,4-5,8-11,14H2,1-3H3,(H,22,24). The van der Waals surface area contributed by atoms with Crippen LogP contribution in [0, 0.1) is 12.8 Å². The van der Waals surface area contributed by atoms with Gasteiger partial charge in [-0.2, -0.15) is 0 Å². The lowest BCUT2D eigenvalue weighted by atomic mass is 9.92. The van der Waals surface area contributed by atoms with Crippen molar-refractivity contribution in [3.05, 3.63) is 35.6 Å². The number of aryl methyl sites for hydroxylation is 1. The van der Waals surface area contributed by atoms with E-state index in [-0.39, 0.29) is 5.91 Å². The molecule has 1 amide bonds. The van der Waals surface area contributed by atoms with E-state index >= 15 is 0 Å². The van der Waals surface area contributed by atoms with Gasteiger partial charge in [-0.3, -0.25) is 9.69 Å². The second kappa shape index (κ2) is 8.69. The third-order valence-electron chi connectivity index (χ3n) is 5.47. The van der Waals surface area contributed by atoms with Crippen LogP contribution in [-0.2, 0) is 4.74 Å². The number of benzene rings is 1. The first-order valence-corrected chi connectivity index (χ1v) is 9.72. The summed E-state index contributed by atoms with van der Waals surface area (Å²) >= 11 is 0. The molecule has 1 unspecified atom stereocenters. The molecule has 5 nitrogen and oxygen atoms in total. The van der Waals surface area contributed by atoms with Gasteiger partial charge in [-0.25, -0.2) is 0 Å². The first-order chi connectivity index (χ1) is 12.6. The Bertz CT molecular complexity index is 730. The number of furan rings is 1. The van der Waals surface area contributed by atoms with Crippen LogP contribution in [0.25, 0.3) is 11.0 Å². The van der Waals surface area contributed by atoms with Crippen LogP contribution in [-0.4, -0.2) is 49.7 Å². The summed E-state index contributed by atoms with van der Waals surface area (Å²) in [6.07, 6.45) is 2.22. The minimum atomic E-state index is -0.136. The van der Waals surface area contributed by atoms with Crippen LogP contribution in [0.1, 0.15) is 42.8 Å². The van der Waals surface area contributed by atoms with Gasteiger partial charge in [0.2, 0.25) is 0 Å². The number of hydrogen-bond acceptors (Lipinski definition) is 4. The van der Waals surface area contributed by atoms with Gasteiger partial charge < -0.3 is 14.5 Å². The lowest BCUT2D eigenvalue weighted by Crippen LogP contribution is -2.52. The number of ether oxygens (including phenoxy) is 1. The number of amides is 1. The number of fused-ring (bicyclic) bond motifs is 1. The number of nitrogens with one attached hydrogen (secondary N) is 1. The van der Waals surface area contributed by atoms with Crippen LogP contribution in [0.15, 0.2) is 28.7 Å². The molecule has 26 heavy (non-hydrogen) atoms. The Kier molecular flexibility index (Phi) is 6.33. The smallest absolute Gasteiger partial charge is 0.287 e. The van der Waals surface area contributed by atoms with E-state index in [1.807, 2.05) is 31.2 Å². The summed E-state index contributed by atoms with van der Waals surface area (Å²) in [5, 5.41) is 4.08. The number of carbonyl (C=O) groups excluding carboxylic acids is 1. The van der Waals surface area contributed by atoms with Crippen molar-refractivity contribution in [3.63, 3.8) is 0 Å². The van der Waals surface area contributed by atoms with Crippen molar-refractivity contribution in [2.24, 2.45) is 5.92 Å². The number of carbonyl (C=O) groups is 1. The summed E-state index contributed by atoms with van der Waals surface area (Å²) in [5.74, 6) is 0.811. The van der Waals surface area contributed by atoms with E-state index in [0.717, 1.165) is 55.7 Å². The maximum Gasteiger partial charge on any atom is 0.287 e. The molecule has 1 aromatic carbocycles. The molecule has 2 aromatic rings. The van der Waals surface area contributed by atoms with Gasteiger partial charge in [0.25, 0.3) is 5.91 Å². The highest BCUT2D eigenvalue weighted by atomic mass is 16.5. The minimum Gasteiger partial charge on any atom is -0.451 e. The van der Waals surface area contributed by atoms with Crippen molar-refractivity contribution in [1.82, 2.24) is 10.2 Å². The number of morpholine rings is 1. The van der Waals surface area contributed by atoms with E-state index in [0.29, 0.717) is 24.3 Å². The third kappa shape index (κ3) is 4.27. The van der Waals surface area contributed by atoms with Crippen LogP contribution in [0.4, 0.5) is 0 Å². The van der Waals surface area contributed by atoms with Gasteiger partial charge in [-0.15, -0.1) is 0 Å². The molecular formula is C21H30N2O3. The van der Waals surface area contributed by atoms with E-state index in [2.05, 4.69) is 24.1 Å². The molecule has 1 aromatic heterocycles. The highest BCUT2D eigenvalue weighted by Gasteiger charge is 2.27. The largest absolute Gasteiger partial charge is 0.451 e. The number of hydrogen-bond donors (Lipinski definition) is 1. The van der Waals surface area contributed by atoms with E-state index in [4.69, 9.17) is 9.15 Å². The van der Waals surface area contributed by atoms with Crippen molar-refractivity contribution in [2.45, 2.75) is 39.7 Å². The number of nitrogens with zero attached hydrogens (tertiary/aromatic N) is 1.